The summed E-state index contributed by atoms with van der Waals surface area (Å²) in [5.74, 6) is 0.0880. The highest BCUT2D eigenvalue weighted by Crippen LogP contribution is 2.17. The van der Waals surface area contributed by atoms with Crippen molar-refractivity contribution in [1.82, 2.24) is 10.6 Å². The van der Waals surface area contributed by atoms with Crippen molar-refractivity contribution in [2.75, 3.05) is 6.54 Å². The fourth-order valence-electron chi connectivity index (χ4n) is 1.66. The molecular formula is C15H23BrN2O. The number of benzene rings is 1. The summed E-state index contributed by atoms with van der Waals surface area (Å²) >= 11 is 3.52. The lowest BCUT2D eigenvalue weighted by Gasteiger charge is -2.20. The van der Waals surface area contributed by atoms with Crippen LogP contribution in [0.3, 0.4) is 0 Å². The summed E-state index contributed by atoms with van der Waals surface area (Å²) in [6, 6.07) is 6.30. The summed E-state index contributed by atoms with van der Waals surface area (Å²) in [5.41, 5.74) is 2.29. The molecule has 0 radical (unpaired) electrons. The van der Waals surface area contributed by atoms with E-state index < -0.39 is 0 Å². The van der Waals surface area contributed by atoms with Gasteiger partial charge in [-0.1, -0.05) is 28.1 Å². The van der Waals surface area contributed by atoms with Crippen LogP contribution >= 0.6 is 15.9 Å². The number of hydrogen-bond acceptors (Lipinski definition) is 2. The number of nitrogens with one attached hydrogen (secondary N) is 2. The number of carbonyl (C=O) groups excluding carboxylic acids is 1. The van der Waals surface area contributed by atoms with E-state index in [1.54, 1.807) is 0 Å². The van der Waals surface area contributed by atoms with Crippen molar-refractivity contribution in [1.29, 1.82) is 0 Å². The van der Waals surface area contributed by atoms with Crippen LogP contribution in [0.1, 0.15) is 38.3 Å². The van der Waals surface area contributed by atoms with E-state index in [-0.39, 0.29) is 11.4 Å². The zero-order valence-electron chi connectivity index (χ0n) is 12.1. The zero-order chi connectivity index (χ0) is 14.5. The van der Waals surface area contributed by atoms with Gasteiger partial charge in [0.2, 0.25) is 5.91 Å². The van der Waals surface area contributed by atoms with E-state index in [4.69, 9.17) is 0 Å². The Labute approximate surface area is 124 Å². The first-order chi connectivity index (χ1) is 8.78. The summed E-state index contributed by atoms with van der Waals surface area (Å²) in [7, 11) is 0. The minimum Gasteiger partial charge on any atom is -0.351 e. The van der Waals surface area contributed by atoms with Gasteiger partial charge in [0.05, 0.1) is 0 Å². The Morgan fingerprint density at radius 1 is 1.32 bits per heavy atom. The fourth-order valence-corrected chi connectivity index (χ4v) is 2.09. The van der Waals surface area contributed by atoms with Gasteiger partial charge < -0.3 is 10.6 Å². The highest BCUT2D eigenvalue weighted by Gasteiger charge is 2.12. The van der Waals surface area contributed by atoms with Crippen LogP contribution in [0, 0.1) is 6.92 Å². The molecule has 1 rings (SSSR count). The molecule has 0 fully saturated rings. The van der Waals surface area contributed by atoms with Gasteiger partial charge in [-0.2, -0.15) is 0 Å². The van der Waals surface area contributed by atoms with Crippen molar-refractivity contribution in [3.63, 3.8) is 0 Å². The normalized spacial score (nSPS) is 11.4. The molecule has 0 saturated heterocycles. The van der Waals surface area contributed by atoms with Gasteiger partial charge in [0.25, 0.3) is 0 Å². The third-order valence-corrected chi connectivity index (χ3v) is 3.46. The molecule has 0 bridgehead atoms. The topological polar surface area (TPSA) is 41.1 Å². The van der Waals surface area contributed by atoms with E-state index in [9.17, 15) is 4.79 Å². The number of carbonyl (C=O) groups is 1. The average molecular weight is 327 g/mol. The maximum absolute atomic E-state index is 11.6. The van der Waals surface area contributed by atoms with E-state index in [1.165, 1.54) is 11.1 Å². The van der Waals surface area contributed by atoms with Crippen molar-refractivity contribution < 1.29 is 4.79 Å². The second-order valence-corrected chi connectivity index (χ2v) is 6.66. The fraction of sp³-hybridized carbons (Fsp3) is 0.533. The van der Waals surface area contributed by atoms with Gasteiger partial charge in [0.1, 0.15) is 0 Å². The summed E-state index contributed by atoms with van der Waals surface area (Å²) in [5, 5.41) is 6.23. The molecule has 1 amide bonds. The Kier molecular flexibility index (Phi) is 6.01. The quantitative estimate of drug-likeness (QED) is 0.816. The summed E-state index contributed by atoms with van der Waals surface area (Å²) in [6.07, 6.45) is 0.504. The molecule has 4 heteroatoms. The first kappa shape index (κ1) is 16.2. The molecule has 0 spiro atoms. The first-order valence-electron chi connectivity index (χ1n) is 6.55. The van der Waals surface area contributed by atoms with E-state index >= 15 is 0 Å². The Morgan fingerprint density at radius 3 is 2.58 bits per heavy atom. The van der Waals surface area contributed by atoms with Gasteiger partial charge in [0.15, 0.2) is 0 Å². The SMILES string of the molecule is Cc1ccc(CNCCC(=O)NC(C)(C)C)cc1Br. The van der Waals surface area contributed by atoms with Crippen LogP contribution in [0.5, 0.6) is 0 Å². The number of aryl methyl sites for hydroxylation is 1. The maximum atomic E-state index is 11.6. The minimum absolute atomic E-state index is 0.0880. The van der Waals surface area contributed by atoms with E-state index in [0.717, 1.165) is 11.0 Å². The van der Waals surface area contributed by atoms with Gasteiger partial charge in [-0.15, -0.1) is 0 Å². The Hall–Kier alpha value is -0.870. The van der Waals surface area contributed by atoms with Gasteiger partial charge in [-0.05, 0) is 44.9 Å². The molecule has 1 aromatic rings. The minimum atomic E-state index is -0.154. The molecule has 0 atom stereocenters. The van der Waals surface area contributed by atoms with Gasteiger partial charge in [-0.25, -0.2) is 0 Å². The first-order valence-corrected chi connectivity index (χ1v) is 7.34. The monoisotopic (exact) mass is 326 g/mol. The molecule has 0 aliphatic heterocycles. The van der Waals surface area contributed by atoms with E-state index in [1.807, 2.05) is 20.8 Å². The maximum Gasteiger partial charge on any atom is 0.221 e. The number of rotatable bonds is 5. The van der Waals surface area contributed by atoms with Gasteiger partial charge in [-0.3, -0.25) is 4.79 Å². The molecule has 0 aliphatic rings. The number of hydrogen-bond donors (Lipinski definition) is 2. The molecule has 0 aliphatic carbocycles. The van der Waals surface area contributed by atoms with Gasteiger partial charge >= 0.3 is 0 Å². The Morgan fingerprint density at radius 2 is 2.00 bits per heavy atom. The largest absolute Gasteiger partial charge is 0.351 e. The molecule has 2 N–H and O–H groups in total. The third-order valence-electron chi connectivity index (χ3n) is 2.61. The van der Waals surface area contributed by atoms with Crippen molar-refractivity contribution >= 4 is 21.8 Å². The molecular weight excluding hydrogens is 304 g/mol. The summed E-state index contributed by atoms with van der Waals surface area (Å²) < 4.78 is 1.12. The van der Waals surface area contributed by atoms with Crippen molar-refractivity contribution in [2.24, 2.45) is 0 Å². The highest BCUT2D eigenvalue weighted by molar-refractivity contribution is 9.10. The lowest BCUT2D eigenvalue weighted by molar-refractivity contribution is -0.122. The smallest absolute Gasteiger partial charge is 0.221 e. The van der Waals surface area contributed by atoms with E-state index in [0.29, 0.717) is 13.0 Å². The van der Waals surface area contributed by atoms with Crippen LogP contribution in [0.15, 0.2) is 22.7 Å². The molecule has 106 valence electrons. The molecule has 0 unspecified atom stereocenters. The summed E-state index contributed by atoms with van der Waals surface area (Å²) in [4.78, 5) is 11.6. The van der Waals surface area contributed by atoms with Crippen molar-refractivity contribution in [3.8, 4) is 0 Å². The van der Waals surface area contributed by atoms with Crippen LogP contribution in [-0.4, -0.2) is 18.0 Å². The Bertz CT molecular complexity index is 438. The molecule has 0 aromatic heterocycles. The van der Waals surface area contributed by atoms with Crippen LogP contribution < -0.4 is 10.6 Å². The number of amides is 1. The molecule has 0 heterocycles. The van der Waals surface area contributed by atoms with Crippen molar-refractivity contribution in [3.05, 3.63) is 33.8 Å². The number of halogens is 1. The van der Waals surface area contributed by atoms with Crippen LogP contribution in [0.25, 0.3) is 0 Å². The molecule has 1 aromatic carbocycles. The second kappa shape index (κ2) is 7.06. The predicted molar refractivity (Wildman–Crippen MR) is 83.1 cm³/mol. The lowest BCUT2D eigenvalue weighted by Crippen LogP contribution is -2.41. The zero-order valence-corrected chi connectivity index (χ0v) is 13.7. The van der Waals surface area contributed by atoms with Crippen LogP contribution in [-0.2, 0) is 11.3 Å². The molecule has 0 saturated carbocycles. The van der Waals surface area contributed by atoms with Crippen LogP contribution in [0.2, 0.25) is 0 Å². The second-order valence-electron chi connectivity index (χ2n) is 5.81. The lowest BCUT2D eigenvalue weighted by atomic mass is 10.1. The van der Waals surface area contributed by atoms with Gasteiger partial charge in [0, 0.05) is 29.5 Å². The van der Waals surface area contributed by atoms with Crippen molar-refractivity contribution in [2.45, 2.75) is 46.2 Å². The third kappa shape index (κ3) is 6.73. The highest BCUT2D eigenvalue weighted by atomic mass is 79.9. The standard InChI is InChI=1S/C15H23BrN2O/c1-11-5-6-12(9-13(11)16)10-17-8-7-14(19)18-15(2,3)4/h5-6,9,17H,7-8,10H2,1-4H3,(H,18,19). The molecule has 19 heavy (non-hydrogen) atoms. The average Bonchev–Trinajstić information content (AvgIpc) is 2.27. The van der Waals surface area contributed by atoms with Crippen LogP contribution in [0.4, 0.5) is 0 Å². The molecule has 3 nitrogen and oxygen atoms in total. The summed E-state index contributed by atoms with van der Waals surface area (Å²) in [6.45, 7) is 9.50. The van der Waals surface area contributed by atoms with E-state index in [2.05, 4.69) is 51.7 Å². The Balaban J connectivity index is 2.27. The predicted octanol–water partition coefficient (Wildman–Crippen LogP) is 3.15.